The summed E-state index contributed by atoms with van der Waals surface area (Å²) < 4.78 is 0. The minimum Gasteiger partial charge on any atom is -0.295 e. The van der Waals surface area contributed by atoms with Gasteiger partial charge in [0.1, 0.15) is 0 Å². The van der Waals surface area contributed by atoms with Crippen LogP contribution in [0.4, 0.5) is 0 Å². The van der Waals surface area contributed by atoms with E-state index in [1.54, 1.807) is 0 Å². The zero-order valence-electron chi connectivity index (χ0n) is 12.4. The lowest BCUT2D eigenvalue weighted by Gasteiger charge is -2.16. The maximum absolute atomic E-state index is 12.2. The van der Waals surface area contributed by atoms with Crippen LogP contribution in [0.15, 0.2) is 48.5 Å². The molecule has 0 aliphatic carbocycles. The van der Waals surface area contributed by atoms with Crippen molar-refractivity contribution >= 4 is 5.78 Å². The maximum atomic E-state index is 12.2. The number of hydrogen-bond donors (Lipinski definition) is 0. The van der Waals surface area contributed by atoms with Crippen LogP contribution in [0.25, 0.3) is 0 Å². The van der Waals surface area contributed by atoms with Gasteiger partial charge in [0.15, 0.2) is 5.78 Å². The zero-order valence-corrected chi connectivity index (χ0v) is 12.4. The van der Waals surface area contributed by atoms with Crippen LogP contribution >= 0.6 is 0 Å². The number of rotatable bonds is 5. The van der Waals surface area contributed by atoms with E-state index in [-0.39, 0.29) is 5.78 Å². The molecule has 2 rings (SSSR count). The lowest BCUT2D eigenvalue weighted by molar-refractivity contribution is 0.0943. The molecule has 0 saturated carbocycles. The van der Waals surface area contributed by atoms with Gasteiger partial charge in [-0.1, -0.05) is 59.7 Å². The molecule has 20 heavy (non-hydrogen) atoms. The molecule has 0 aliphatic heterocycles. The quantitative estimate of drug-likeness (QED) is 0.771. The SMILES string of the molecule is Cc1ccc(CN(C)CC(=O)c2ccc(C)cc2)cc1. The average Bonchev–Trinajstić information content (AvgIpc) is 2.42. The number of benzene rings is 2. The third-order valence-corrected chi connectivity index (χ3v) is 3.36. The summed E-state index contributed by atoms with van der Waals surface area (Å²) in [6.45, 7) is 5.33. The van der Waals surface area contributed by atoms with Crippen LogP contribution < -0.4 is 0 Å². The van der Waals surface area contributed by atoms with E-state index in [1.807, 2.05) is 43.1 Å². The molecule has 0 radical (unpaired) electrons. The van der Waals surface area contributed by atoms with Crippen molar-refractivity contribution in [3.63, 3.8) is 0 Å². The Morgan fingerprint density at radius 2 is 1.40 bits per heavy atom. The van der Waals surface area contributed by atoms with E-state index >= 15 is 0 Å². The average molecular weight is 267 g/mol. The number of likely N-dealkylation sites (N-methyl/N-ethyl adjacent to an activating group) is 1. The van der Waals surface area contributed by atoms with E-state index in [4.69, 9.17) is 0 Å². The number of carbonyl (C=O) groups is 1. The minimum atomic E-state index is 0.166. The number of hydrogen-bond acceptors (Lipinski definition) is 2. The molecule has 0 unspecified atom stereocenters. The van der Waals surface area contributed by atoms with E-state index in [9.17, 15) is 4.79 Å². The molecule has 0 N–H and O–H groups in total. The van der Waals surface area contributed by atoms with E-state index in [1.165, 1.54) is 16.7 Å². The highest BCUT2D eigenvalue weighted by Crippen LogP contribution is 2.08. The summed E-state index contributed by atoms with van der Waals surface area (Å²) in [5.41, 5.74) is 4.45. The van der Waals surface area contributed by atoms with E-state index in [0.717, 1.165) is 12.1 Å². The molecule has 0 heterocycles. The topological polar surface area (TPSA) is 20.3 Å². The fourth-order valence-electron chi connectivity index (χ4n) is 2.14. The highest BCUT2D eigenvalue weighted by Gasteiger charge is 2.09. The van der Waals surface area contributed by atoms with Crippen molar-refractivity contribution in [3.8, 4) is 0 Å². The van der Waals surface area contributed by atoms with Gasteiger partial charge in [0.25, 0.3) is 0 Å². The normalized spacial score (nSPS) is 10.8. The monoisotopic (exact) mass is 267 g/mol. The Bertz CT molecular complexity index is 569. The Labute approximate surface area is 121 Å². The molecule has 104 valence electrons. The first kappa shape index (κ1) is 14.5. The van der Waals surface area contributed by atoms with Gasteiger partial charge in [-0.3, -0.25) is 9.69 Å². The zero-order chi connectivity index (χ0) is 14.5. The molecular formula is C18H21NO. The second kappa shape index (κ2) is 6.49. The number of Topliss-reactive ketones (excluding diaryl/α,β-unsaturated/α-hetero) is 1. The number of ketones is 1. The Hall–Kier alpha value is -1.93. The second-order valence-corrected chi connectivity index (χ2v) is 5.45. The van der Waals surface area contributed by atoms with Crippen molar-refractivity contribution in [1.82, 2.24) is 4.90 Å². The summed E-state index contributed by atoms with van der Waals surface area (Å²) >= 11 is 0. The molecule has 0 bridgehead atoms. The number of nitrogens with zero attached hydrogens (tertiary/aromatic N) is 1. The first-order valence-electron chi connectivity index (χ1n) is 6.88. The molecule has 0 fully saturated rings. The molecule has 2 heteroatoms. The van der Waals surface area contributed by atoms with Gasteiger partial charge in [-0.2, -0.15) is 0 Å². The highest BCUT2D eigenvalue weighted by atomic mass is 16.1. The Morgan fingerprint density at radius 3 is 1.95 bits per heavy atom. The van der Waals surface area contributed by atoms with Crippen molar-refractivity contribution in [1.29, 1.82) is 0 Å². The van der Waals surface area contributed by atoms with Crippen LogP contribution in [0.5, 0.6) is 0 Å². The van der Waals surface area contributed by atoms with Crippen LogP contribution in [-0.4, -0.2) is 24.3 Å². The Kier molecular flexibility index (Phi) is 4.70. The predicted octanol–water partition coefficient (Wildman–Crippen LogP) is 3.62. The molecule has 0 spiro atoms. The van der Waals surface area contributed by atoms with Crippen molar-refractivity contribution in [2.45, 2.75) is 20.4 Å². The Morgan fingerprint density at radius 1 is 0.900 bits per heavy atom. The van der Waals surface area contributed by atoms with Crippen LogP contribution in [0.3, 0.4) is 0 Å². The van der Waals surface area contributed by atoms with Gasteiger partial charge in [-0.05, 0) is 26.5 Å². The first-order valence-corrected chi connectivity index (χ1v) is 6.88. The van der Waals surface area contributed by atoms with Crippen molar-refractivity contribution in [2.75, 3.05) is 13.6 Å². The summed E-state index contributed by atoms with van der Waals surface area (Å²) in [6.07, 6.45) is 0. The summed E-state index contributed by atoms with van der Waals surface area (Å²) in [5, 5.41) is 0. The largest absolute Gasteiger partial charge is 0.295 e. The van der Waals surface area contributed by atoms with Gasteiger partial charge in [-0.15, -0.1) is 0 Å². The van der Waals surface area contributed by atoms with Crippen molar-refractivity contribution < 1.29 is 4.79 Å². The predicted molar refractivity (Wildman–Crippen MR) is 83.0 cm³/mol. The standard InChI is InChI=1S/C18H21NO/c1-14-4-8-16(9-5-14)12-19(3)13-18(20)17-10-6-15(2)7-11-17/h4-11H,12-13H2,1-3H3. The first-order chi connectivity index (χ1) is 9.54. The van der Waals surface area contributed by atoms with Gasteiger partial charge in [0.2, 0.25) is 0 Å². The van der Waals surface area contributed by atoms with Crippen LogP contribution in [0.1, 0.15) is 27.0 Å². The minimum absolute atomic E-state index is 0.166. The molecule has 2 aromatic carbocycles. The fourth-order valence-corrected chi connectivity index (χ4v) is 2.14. The Balaban J connectivity index is 1.93. The third kappa shape index (κ3) is 4.04. The molecule has 0 aromatic heterocycles. The van der Waals surface area contributed by atoms with E-state index in [0.29, 0.717) is 6.54 Å². The molecule has 0 saturated heterocycles. The van der Waals surface area contributed by atoms with Crippen LogP contribution in [-0.2, 0) is 6.54 Å². The molecule has 2 nitrogen and oxygen atoms in total. The molecule has 2 aromatic rings. The van der Waals surface area contributed by atoms with Crippen LogP contribution in [0, 0.1) is 13.8 Å². The van der Waals surface area contributed by atoms with Gasteiger partial charge in [0.05, 0.1) is 6.54 Å². The maximum Gasteiger partial charge on any atom is 0.176 e. The van der Waals surface area contributed by atoms with Gasteiger partial charge < -0.3 is 0 Å². The summed E-state index contributed by atoms with van der Waals surface area (Å²) in [6, 6.07) is 16.2. The van der Waals surface area contributed by atoms with Gasteiger partial charge in [0, 0.05) is 12.1 Å². The summed E-state index contributed by atoms with van der Waals surface area (Å²) in [4.78, 5) is 14.2. The lowest BCUT2D eigenvalue weighted by Crippen LogP contribution is -2.25. The summed E-state index contributed by atoms with van der Waals surface area (Å²) in [5.74, 6) is 0.166. The molecular weight excluding hydrogens is 246 g/mol. The fraction of sp³-hybridized carbons (Fsp3) is 0.278. The number of aryl methyl sites for hydroxylation is 2. The van der Waals surface area contributed by atoms with Gasteiger partial charge in [-0.25, -0.2) is 0 Å². The van der Waals surface area contributed by atoms with Gasteiger partial charge >= 0.3 is 0 Å². The van der Waals surface area contributed by atoms with Crippen molar-refractivity contribution in [2.24, 2.45) is 0 Å². The summed E-state index contributed by atoms with van der Waals surface area (Å²) in [7, 11) is 1.98. The van der Waals surface area contributed by atoms with Crippen LogP contribution in [0.2, 0.25) is 0 Å². The smallest absolute Gasteiger partial charge is 0.176 e. The number of carbonyl (C=O) groups excluding carboxylic acids is 1. The highest BCUT2D eigenvalue weighted by molar-refractivity contribution is 5.97. The molecule has 0 aliphatic rings. The lowest BCUT2D eigenvalue weighted by atomic mass is 10.1. The third-order valence-electron chi connectivity index (χ3n) is 3.36. The molecule has 0 atom stereocenters. The van der Waals surface area contributed by atoms with E-state index in [2.05, 4.69) is 31.2 Å². The van der Waals surface area contributed by atoms with E-state index < -0.39 is 0 Å². The molecule has 0 amide bonds. The second-order valence-electron chi connectivity index (χ2n) is 5.45. The van der Waals surface area contributed by atoms with Crippen molar-refractivity contribution in [3.05, 3.63) is 70.8 Å².